The Balaban J connectivity index is 1.83. The van der Waals surface area contributed by atoms with Gasteiger partial charge in [0.2, 0.25) is 0 Å². The van der Waals surface area contributed by atoms with Gasteiger partial charge in [0.1, 0.15) is 42.4 Å². The third-order valence-corrected chi connectivity index (χ3v) is 6.46. The number of aryl methyl sites for hydroxylation is 1. The Morgan fingerprint density at radius 1 is 0.865 bits per heavy atom. The van der Waals surface area contributed by atoms with E-state index in [4.69, 9.17) is 24.1 Å². The quantitative estimate of drug-likeness (QED) is 0.192. The second-order valence-electron chi connectivity index (χ2n) is 8.85. The zero-order valence-corrected chi connectivity index (χ0v) is 20.8. The fourth-order valence-corrected chi connectivity index (χ4v) is 4.33. The van der Waals surface area contributed by atoms with E-state index in [1.165, 1.54) is 32.4 Å². The maximum absolute atomic E-state index is 11.0. The first-order valence-electron chi connectivity index (χ1n) is 12.0. The number of rotatable bonds is 12. The van der Waals surface area contributed by atoms with Crippen molar-refractivity contribution in [3.05, 3.63) is 53.1 Å². The van der Waals surface area contributed by atoms with E-state index in [1.54, 1.807) is 12.1 Å². The van der Waals surface area contributed by atoms with Crippen LogP contribution in [0.4, 0.5) is 0 Å². The molecule has 0 aliphatic carbocycles. The fraction of sp³-hybridized carbons (Fsp3) is 0.538. The summed E-state index contributed by atoms with van der Waals surface area (Å²) >= 11 is 0. The Kier molecular flexibility index (Phi) is 10.5. The molecule has 0 spiro atoms. The van der Waals surface area contributed by atoms with Crippen LogP contribution in [0, 0.1) is 0 Å². The van der Waals surface area contributed by atoms with Crippen molar-refractivity contribution >= 4 is 0 Å². The van der Waals surface area contributed by atoms with Crippen molar-refractivity contribution in [2.24, 2.45) is 0 Å². The molecule has 0 saturated carbocycles. The van der Waals surface area contributed by atoms with Crippen molar-refractivity contribution in [1.29, 1.82) is 0 Å². The second-order valence-corrected chi connectivity index (χ2v) is 8.85. The van der Waals surface area contributed by atoms with Crippen LogP contribution >= 0.6 is 0 Å². The van der Waals surface area contributed by atoms with Crippen LogP contribution in [0.1, 0.15) is 35.3 Å². The highest BCUT2D eigenvalue weighted by Gasteiger charge is 2.45. The van der Waals surface area contributed by atoms with Crippen LogP contribution in [-0.4, -0.2) is 100 Å². The number of hydrogen-bond acceptors (Lipinski definition) is 11. The predicted molar refractivity (Wildman–Crippen MR) is 131 cm³/mol. The van der Waals surface area contributed by atoms with E-state index in [0.717, 1.165) is 5.56 Å². The van der Waals surface area contributed by atoms with Crippen LogP contribution in [-0.2, 0) is 11.2 Å². The Bertz CT molecular complexity index is 998. The lowest BCUT2D eigenvalue weighted by Crippen LogP contribution is -2.55. The van der Waals surface area contributed by atoms with Gasteiger partial charge in [0.05, 0.1) is 27.4 Å². The molecular weight excluding hydrogens is 488 g/mol. The monoisotopic (exact) mass is 524 g/mol. The minimum atomic E-state index is -1.55. The third-order valence-electron chi connectivity index (χ3n) is 6.46. The summed E-state index contributed by atoms with van der Waals surface area (Å²) in [7, 11) is 2.85. The number of methoxy groups -OCH3 is 2. The van der Waals surface area contributed by atoms with Crippen LogP contribution in [0.5, 0.6) is 17.2 Å². The van der Waals surface area contributed by atoms with Crippen LogP contribution < -0.4 is 14.2 Å². The molecule has 1 aliphatic heterocycles. The van der Waals surface area contributed by atoms with E-state index in [9.17, 15) is 30.6 Å². The molecule has 0 amide bonds. The normalized spacial score (nSPS) is 25.4. The Morgan fingerprint density at radius 3 is 2.22 bits per heavy atom. The number of aliphatic hydroxyl groups is 7. The largest absolute Gasteiger partial charge is 0.496 e. The van der Waals surface area contributed by atoms with Crippen LogP contribution in [0.2, 0.25) is 0 Å². The molecule has 2 aromatic carbocycles. The molecule has 1 aliphatic rings. The highest BCUT2D eigenvalue weighted by molar-refractivity contribution is 5.44. The van der Waals surface area contributed by atoms with Crippen molar-refractivity contribution in [2.75, 3.05) is 34.0 Å². The van der Waals surface area contributed by atoms with Gasteiger partial charge >= 0.3 is 0 Å². The van der Waals surface area contributed by atoms with Crippen LogP contribution in [0.25, 0.3) is 0 Å². The SMILES string of the molecule is COc1cc(CCCO)ccc1O[C@H](CO)[C@@H](O)c1ccc([C@@H]2O[C@H](CO)[C@@H](O)[C@H](O)[C@H]2O)c(OC)c1. The summed E-state index contributed by atoms with van der Waals surface area (Å²) in [6, 6.07) is 9.80. The van der Waals surface area contributed by atoms with Crippen molar-refractivity contribution in [2.45, 2.75) is 55.6 Å². The fourth-order valence-electron chi connectivity index (χ4n) is 4.33. The molecule has 206 valence electrons. The lowest BCUT2D eigenvalue weighted by atomic mass is 9.90. The predicted octanol–water partition coefficient (Wildman–Crippen LogP) is -0.383. The summed E-state index contributed by atoms with van der Waals surface area (Å²) in [5.41, 5.74) is 1.60. The summed E-state index contributed by atoms with van der Waals surface area (Å²) in [6.45, 7) is -1.02. The van der Waals surface area contributed by atoms with E-state index in [0.29, 0.717) is 35.5 Å². The maximum atomic E-state index is 11.0. The van der Waals surface area contributed by atoms with Gasteiger partial charge in [-0.25, -0.2) is 0 Å². The molecule has 0 radical (unpaired) electrons. The van der Waals surface area contributed by atoms with Gasteiger partial charge in [-0.1, -0.05) is 18.2 Å². The molecule has 11 nitrogen and oxygen atoms in total. The average molecular weight is 525 g/mol. The van der Waals surface area contributed by atoms with Gasteiger partial charge in [0.25, 0.3) is 0 Å². The average Bonchev–Trinajstić information content (AvgIpc) is 2.93. The molecule has 0 unspecified atom stereocenters. The zero-order valence-electron chi connectivity index (χ0n) is 20.8. The van der Waals surface area contributed by atoms with Crippen molar-refractivity contribution < 1.29 is 54.7 Å². The van der Waals surface area contributed by atoms with Gasteiger partial charge < -0.3 is 54.7 Å². The van der Waals surface area contributed by atoms with Gasteiger partial charge in [0, 0.05) is 12.2 Å². The molecular formula is C26H36O11. The second kappa shape index (κ2) is 13.4. The Morgan fingerprint density at radius 2 is 1.59 bits per heavy atom. The van der Waals surface area contributed by atoms with Gasteiger partial charge in [0.15, 0.2) is 17.6 Å². The number of aliphatic hydroxyl groups excluding tert-OH is 7. The van der Waals surface area contributed by atoms with E-state index in [2.05, 4.69) is 0 Å². The topological polar surface area (TPSA) is 179 Å². The first-order valence-corrected chi connectivity index (χ1v) is 12.0. The third kappa shape index (κ3) is 6.51. The molecule has 0 aromatic heterocycles. The molecule has 1 fully saturated rings. The maximum Gasteiger partial charge on any atom is 0.161 e. The van der Waals surface area contributed by atoms with E-state index in [-0.39, 0.29) is 12.4 Å². The smallest absolute Gasteiger partial charge is 0.161 e. The number of benzene rings is 2. The van der Waals surface area contributed by atoms with Gasteiger partial charge in [-0.05, 0) is 42.2 Å². The van der Waals surface area contributed by atoms with Crippen LogP contribution in [0.15, 0.2) is 36.4 Å². The summed E-state index contributed by atoms with van der Waals surface area (Å²) < 4.78 is 22.3. The number of ether oxygens (including phenoxy) is 4. The molecule has 1 saturated heterocycles. The lowest BCUT2D eigenvalue weighted by molar-refractivity contribution is -0.232. The van der Waals surface area contributed by atoms with Crippen molar-refractivity contribution in [3.8, 4) is 17.2 Å². The van der Waals surface area contributed by atoms with Crippen LogP contribution in [0.3, 0.4) is 0 Å². The molecule has 2 aromatic rings. The molecule has 1 heterocycles. The van der Waals surface area contributed by atoms with Crippen molar-refractivity contribution in [3.63, 3.8) is 0 Å². The minimum Gasteiger partial charge on any atom is -0.496 e. The first kappa shape index (κ1) is 29.1. The summed E-state index contributed by atoms with van der Waals surface area (Å²) in [4.78, 5) is 0. The zero-order chi connectivity index (χ0) is 27.1. The Hall–Kier alpha value is -2.48. The first-order chi connectivity index (χ1) is 17.8. The molecule has 37 heavy (non-hydrogen) atoms. The van der Waals surface area contributed by atoms with E-state index in [1.807, 2.05) is 6.07 Å². The molecule has 7 N–H and O–H groups in total. The lowest BCUT2D eigenvalue weighted by Gasteiger charge is -2.40. The standard InChI is InChI=1S/C26H36O11/c1-34-18-11-15(6-7-16(18)26-25(33)24(32)23(31)21(13-29)37-26)22(30)20(12-28)36-17-8-5-14(4-3-9-27)10-19(17)35-2/h5-8,10-11,20-33H,3-4,9,12-13H2,1-2H3/t20-,21-,22+,23-,24+,25-,26+/m1/s1. The molecule has 7 atom stereocenters. The Labute approximate surface area is 215 Å². The number of hydrogen-bond donors (Lipinski definition) is 7. The van der Waals surface area contributed by atoms with Gasteiger partial charge in [-0.3, -0.25) is 0 Å². The van der Waals surface area contributed by atoms with Gasteiger partial charge in [-0.15, -0.1) is 0 Å². The highest BCUT2D eigenvalue weighted by atomic mass is 16.5. The van der Waals surface area contributed by atoms with E-state index >= 15 is 0 Å². The van der Waals surface area contributed by atoms with Crippen molar-refractivity contribution in [1.82, 2.24) is 0 Å². The highest BCUT2D eigenvalue weighted by Crippen LogP contribution is 2.39. The minimum absolute atomic E-state index is 0.0674. The molecule has 3 rings (SSSR count). The molecule has 11 heteroatoms. The van der Waals surface area contributed by atoms with E-state index < -0.39 is 55.9 Å². The molecule has 0 bridgehead atoms. The summed E-state index contributed by atoms with van der Waals surface area (Å²) in [5, 5.41) is 70.2. The van der Waals surface area contributed by atoms with Gasteiger partial charge in [-0.2, -0.15) is 0 Å². The summed E-state index contributed by atoms with van der Waals surface area (Å²) in [5.74, 6) is 0.943. The summed E-state index contributed by atoms with van der Waals surface area (Å²) in [6.07, 6.45) is -7.85.